The van der Waals surface area contributed by atoms with Gasteiger partial charge in [0.15, 0.2) is 5.82 Å². The number of aromatic nitrogens is 2. The molecule has 0 atom stereocenters. The fourth-order valence-corrected chi connectivity index (χ4v) is 3.31. The van der Waals surface area contributed by atoms with Crippen molar-refractivity contribution in [1.29, 1.82) is 0 Å². The van der Waals surface area contributed by atoms with Crippen LogP contribution in [0, 0.1) is 0 Å². The van der Waals surface area contributed by atoms with Gasteiger partial charge >= 0.3 is 0 Å². The quantitative estimate of drug-likeness (QED) is 0.853. The number of nitrogens with one attached hydrogen (secondary N) is 1. The molecule has 0 aliphatic carbocycles. The summed E-state index contributed by atoms with van der Waals surface area (Å²) in [4.78, 5) is 21.0. The fraction of sp³-hybridized carbons (Fsp3) is 0.438. The van der Waals surface area contributed by atoms with Gasteiger partial charge in [0.1, 0.15) is 6.61 Å². The Hall–Kier alpha value is -2.03. The lowest BCUT2D eigenvalue weighted by atomic mass is 10.3. The number of hydrogen-bond acceptors (Lipinski definition) is 7. The van der Waals surface area contributed by atoms with Gasteiger partial charge in [0.25, 0.3) is 0 Å². The molecule has 7 nitrogen and oxygen atoms in total. The molecule has 1 aliphatic rings. The highest BCUT2D eigenvalue weighted by molar-refractivity contribution is 7.09. The molecule has 1 aliphatic heterocycles. The minimum absolute atomic E-state index is 0.0212. The molecule has 1 aromatic carbocycles. The Morgan fingerprint density at radius 3 is 2.71 bits per heavy atom. The van der Waals surface area contributed by atoms with Gasteiger partial charge in [0.2, 0.25) is 11.0 Å². The van der Waals surface area contributed by atoms with Crippen LogP contribution in [0.5, 0.6) is 0 Å². The molecule has 1 N–H and O–H groups in total. The van der Waals surface area contributed by atoms with E-state index in [-0.39, 0.29) is 5.91 Å². The second-order valence-electron chi connectivity index (χ2n) is 5.60. The van der Waals surface area contributed by atoms with Crippen molar-refractivity contribution >= 4 is 28.3 Å². The SMILES string of the molecule is COCc1nsc(N2CCN(CC(=O)Nc3ccccc3)CC2)n1. The zero-order valence-corrected chi connectivity index (χ0v) is 14.5. The van der Waals surface area contributed by atoms with E-state index in [4.69, 9.17) is 4.74 Å². The van der Waals surface area contributed by atoms with Crippen molar-refractivity contribution < 1.29 is 9.53 Å². The van der Waals surface area contributed by atoms with Crippen LogP contribution < -0.4 is 10.2 Å². The van der Waals surface area contributed by atoms with Crippen molar-refractivity contribution in [3.8, 4) is 0 Å². The van der Waals surface area contributed by atoms with Crippen LogP contribution in [-0.2, 0) is 16.1 Å². The van der Waals surface area contributed by atoms with Crippen molar-refractivity contribution in [1.82, 2.24) is 14.3 Å². The normalized spacial score (nSPS) is 15.5. The van der Waals surface area contributed by atoms with Gasteiger partial charge in [-0.15, -0.1) is 0 Å². The zero-order chi connectivity index (χ0) is 16.8. The van der Waals surface area contributed by atoms with Crippen molar-refractivity contribution in [2.24, 2.45) is 0 Å². The van der Waals surface area contributed by atoms with Gasteiger partial charge in [-0.2, -0.15) is 4.37 Å². The first-order valence-electron chi connectivity index (χ1n) is 7.88. The first kappa shape index (κ1) is 16.8. The van der Waals surface area contributed by atoms with Crippen LogP contribution in [-0.4, -0.2) is 60.0 Å². The van der Waals surface area contributed by atoms with E-state index in [2.05, 4.69) is 24.5 Å². The summed E-state index contributed by atoms with van der Waals surface area (Å²) in [6.45, 7) is 4.22. The molecule has 0 bridgehead atoms. The minimum Gasteiger partial charge on any atom is -0.377 e. The molecular weight excluding hydrogens is 326 g/mol. The van der Waals surface area contributed by atoms with Crippen LogP contribution in [0.15, 0.2) is 30.3 Å². The molecule has 1 amide bonds. The van der Waals surface area contributed by atoms with Gasteiger partial charge in [-0.1, -0.05) is 18.2 Å². The minimum atomic E-state index is 0.0212. The van der Waals surface area contributed by atoms with E-state index < -0.39 is 0 Å². The number of carbonyl (C=O) groups excluding carboxylic acids is 1. The molecule has 2 aromatic rings. The summed E-state index contributed by atoms with van der Waals surface area (Å²) in [5, 5.41) is 3.85. The van der Waals surface area contributed by atoms with Crippen LogP contribution in [0.3, 0.4) is 0 Å². The smallest absolute Gasteiger partial charge is 0.238 e. The molecule has 1 fully saturated rings. The molecule has 0 unspecified atom stereocenters. The highest BCUT2D eigenvalue weighted by Crippen LogP contribution is 2.19. The molecule has 1 aromatic heterocycles. The number of amides is 1. The standard InChI is InChI=1S/C16H21N5O2S/c1-23-12-14-18-16(24-19-14)21-9-7-20(8-10-21)11-15(22)17-13-5-3-2-4-6-13/h2-6H,7-12H2,1H3,(H,17,22). The van der Waals surface area contributed by atoms with E-state index in [9.17, 15) is 4.79 Å². The lowest BCUT2D eigenvalue weighted by Gasteiger charge is -2.33. The van der Waals surface area contributed by atoms with Gasteiger partial charge in [0, 0.05) is 50.5 Å². The first-order chi connectivity index (χ1) is 11.7. The Balaban J connectivity index is 1.45. The van der Waals surface area contributed by atoms with E-state index in [1.165, 1.54) is 11.5 Å². The predicted molar refractivity (Wildman–Crippen MR) is 94.3 cm³/mol. The van der Waals surface area contributed by atoms with Crippen LogP contribution in [0.4, 0.5) is 10.8 Å². The zero-order valence-electron chi connectivity index (χ0n) is 13.6. The molecule has 0 radical (unpaired) electrons. The predicted octanol–water partition coefficient (Wildman–Crippen LogP) is 1.45. The Kier molecular flexibility index (Phi) is 5.73. The Bertz CT molecular complexity index is 655. The average Bonchev–Trinajstić information content (AvgIpc) is 3.05. The van der Waals surface area contributed by atoms with Crippen molar-refractivity contribution in [3.63, 3.8) is 0 Å². The molecule has 0 saturated carbocycles. The van der Waals surface area contributed by atoms with Crippen LogP contribution in [0.1, 0.15) is 5.82 Å². The number of ether oxygens (including phenoxy) is 1. The number of benzene rings is 1. The van der Waals surface area contributed by atoms with Crippen LogP contribution in [0.25, 0.3) is 0 Å². The summed E-state index contributed by atoms with van der Waals surface area (Å²) < 4.78 is 9.33. The third kappa shape index (κ3) is 4.50. The number of piperazine rings is 1. The summed E-state index contributed by atoms with van der Waals surface area (Å²) >= 11 is 1.40. The molecule has 24 heavy (non-hydrogen) atoms. The monoisotopic (exact) mass is 347 g/mol. The number of carbonyl (C=O) groups is 1. The second-order valence-corrected chi connectivity index (χ2v) is 6.33. The number of methoxy groups -OCH3 is 1. The van der Waals surface area contributed by atoms with E-state index in [1.807, 2.05) is 30.3 Å². The van der Waals surface area contributed by atoms with Gasteiger partial charge in [0.05, 0.1) is 6.54 Å². The summed E-state index contributed by atoms with van der Waals surface area (Å²) in [6, 6.07) is 9.54. The summed E-state index contributed by atoms with van der Waals surface area (Å²) in [7, 11) is 1.64. The molecule has 3 rings (SSSR count). The molecular formula is C16H21N5O2S. The topological polar surface area (TPSA) is 70.6 Å². The van der Waals surface area contributed by atoms with E-state index in [0.29, 0.717) is 13.2 Å². The van der Waals surface area contributed by atoms with Crippen molar-refractivity contribution in [2.45, 2.75) is 6.61 Å². The van der Waals surface area contributed by atoms with E-state index >= 15 is 0 Å². The van der Waals surface area contributed by atoms with Crippen molar-refractivity contribution in [3.05, 3.63) is 36.2 Å². The number of rotatable bonds is 6. The van der Waals surface area contributed by atoms with Crippen LogP contribution in [0.2, 0.25) is 0 Å². The number of para-hydroxylation sites is 1. The first-order valence-corrected chi connectivity index (χ1v) is 8.65. The summed E-state index contributed by atoms with van der Waals surface area (Å²) in [5.74, 6) is 0.745. The van der Waals surface area contributed by atoms with E-state index in [0.717, 1.165) is 42.8 Å². The lowest BCUT2D eigenvalue weighted by molar-refractivity contribution is -0.117. The average molecular weight is 347 g/mol. The molecule has 1 saturated heterocycles. The molecule has 0 spiro atoms. The molecule has 2 heterocycles. The largest absolute Gasteiger partial charge is 0.377 e. The number of anilines is 2. The number of hydrogen-bond donors (Lipinski definition) is 1. The maximum atomic E-state index is 12.1. The summed E-state index contributed by atoms with van der Waals surface area (Å²) in [6.07, 6.45) is 0. The molecule has 128 valence electrons. The highest BCUT2D eigenvalue weighted by atomic mass is 32.1. The second kappa shape index (κ2) is 8.18. The van der Waals surface area contributed by atoms with Gasteiger partial charge < -0.3 is 15.0 Å². The van der Waals surface area contributed by atoms with Gasteiger partial charge in [-0.3, -0.25) is 9.69 Å². The lowest BCUT2D eigenvalue weighted by Crippen LogP contribution is -2.48. The Morgan fingerprint density at radius 1 is 1.25 bits per heavy atom. The Labute approximate surface area is 145 Å². The fourth-order valence-electron chi connectivity index (χ4n) is 2.58. The van der Waals surface area contributed by atoms with Crippen molar-refractivity contribution in [2.75, 3.05) is 50.1 Å². The maximum absolute atomic E-state index is 12.1. The Morgan fingerprint density at radius 2 is 2.00 bits per heavy atom. The third-order valence-electron chi connectivity index (χ3n) is 3.80. The van der Waals surface area contributed by atoms with Gasteiger partial charge in [-0.25, -0.2) is 4.98 Å². The van der Waals surface area contributed by atoms with Crippen LogP contribution >= 0.6 is 11.5 Å². The summed E-state index contributed by atoms with van der Waals surface area (Å²) in [5.41, 5.74) is 0.834. The maximum Gasteiger partial charge on any atom is 0.238 e. The molecule has 8 heteroatoms. The number of nitrogens with zero attached hydrogens (tertiary/aromatic N) is 4. The van der Waals surface area contributed by atoms with Gasteiger partial charge in [-0.05, 0) is 12.1 Å². The highest BCUT2D eigenvalue weighted by Gasteiger charge is 2.21. The van der Waals surface area contributed by atoms with E-state index in [1.54, 1.807) is 7.11 Å². The third-order valence-corrected chi connectivity index (χ3v) is 4.61.